The Kier molecular flexibility index (Phi) is 5.41. The van der Waals surface area contributed by atoms with Crippen LogP contribution in [0.15, 0.2) is 53.4 Å². The van der Waals surface area contributed by atoms with Gasteiger partial charge in [0, 0.05) is 12.1 Å². The molecule has 0 aromatic heterocycles. The van der Waals surface area contributed by atoms with E-state index < -0.39 is 16.0 Å². The summed E-state index contributed by atoms with van der Waals surface area (Å²) in [5.41, 5.74) is 0.694. The van der Waals surface area contributed by atoms with Crippen molar-refractivity contribution < 1.29 is 17.9 Å². The van der Waals surface area contributed by atoms with Gasteiger partial charge in [0.05, 0.1) is 4.90 Å². The minimum Gasteiger partial charge on any atom is -0.425 e. The van der Waals surface area contributed by atoms with E-state index in [-0.39, 0.29) is 11.4 Å². The van der Waals surface area contributed by atoms with Crippen molar-refractivity contribution in [2.45, 2.75) is 11.8 Å². The lowest BCUT2D eigenvalue weighted by Crippen LogP contribution is -2.34. The van der Waals surface area contributed by atoms with E-state index in [1.165, 1.54) is 19.2 Å². The SMILES string of the molecule is Cc1cc(Cl)ccc1OC(=O)CN(C)S(=O)(=O)c1ccccc1. The molecule has 0 spiro atoms. The summed E-state index contributed by atoms with van der Waals surface area (Å²) in [5.74, 6) is -0.317. The largest absolute Gasteiger partial charge is 0.425 e. The molecule has 0 amide bonds. The van der Waals surface area contributed by atoms with Gasteiger partial charge in [-0.05, 0) is 42.8 Å². The van der Waals surface area contributed by atoms with Gasteiger partial charge in [0.15, 0.2) is 0 Å². The highest BCUT2D eigenvalue weighted by Gasteiger charge is 2.23. The summed E-state index contributed by atoms with van der Waals surface area (Å²) in [7, 11) is -2.40. The van der Waals surface area contributed by atoms with Gasteiger partial charge in [0.2, 0.25) is 10.0 Å². The van der Waals surface area contributed by atoms with Crippen LogP contribution < -0.4 is 4.74 Å². The summed E-state index contributed by atoms with van der Waals surface area (Å²) < 4.78 is 30.8. The first kappa shape index (κ1) is 17.5. The van der Waals surface area contributed by atoms with Gasteiger partial charge in [-0.25, -0.2) is 8.42 Å². The van der Waals surface area contributed by atoms with Gasteiger partial charge in [-0.2, -0.15) is 4.31 Å². The standard InChI is InChI=1S/C16H16ClNO4S/c1-12-10-13(17)8-9-15(12)22-16(19)11-18(2)23(20,21)14-6-4-3-5-7-14/h3-10H,11H2,1-2H3. The number of esters is 1. The average Bonchev–Trinajstić information content (AvgIpc) is 2.51. The third kappa shape index (κ3) is 4.31. The predicted octanol–water partition coefficient (Wildman–Crippen LogP) is 2.87. The Labute approximate surface area is 140 Å². The van der Waals surface area contributed by atoms with Crippen molar-refractivity contribution in [3.63, 3.8) is 0 Å². The number of ether oxygens (including phenoxy) is 1. The molecule has 0 heterocycles. The molecule has 0 radical (unpaired) electrons. The quantitative estimate of drug-likeness (QED) is 0.612. The van der Waals surface area contributed by atoms with Crippen LogP contribution >= 0.6 is 11.6 Å². The summed E-state index contributed by atoms with van der Waals surface area (Å²) in [6.45, 7) is 1.36. The minimum atomic E-state index is -3.73. The van der Waals surface area contributed by atoms with Crippen LogP contribution in [0, 0.1) is 6.92 Å². The Bertz CT molecular complexity index is 806. The minimum absolute atomic E-state index is 0.123. The molecular weight excluding hydrogens is 338 g/mol. The molecule has 0 aliphatic carbocycles. The number of rotatable bonds is 5. The maximum absolute atomic E-state index is 12.3. The third-order valence-electron chi connectivity index (χ3n) is 3.16. The van der Waals surface area contributed by atoms with E-state index in [1.54, 1.807) is 43.3 Å². The highest BCUT2D eigenvalue weighted by Crippen LogP contribution is 2.22. The fourth-order valence-corrected chi connectivity index (χ4v) is 3.28. The van der Waals surface area contributed by atoms with Crippen LogP contribution in [-0.2, 0) is 14.8 Å². The van der Waals surface area contributed by atoms with Crippen LogP contribution in [0.2, 0.25) is 5.02 Å². The average molecular weight is 354 g/mol. The van der Waals surface area contributed by atoms with Gasteiger partial charge in [0.1, 0.15) is 12.3 Å². The summed E-state index contributed by atoms with van der Waals surface area (Å²) in [5, 5.41) is 0.533. The summed E-state index contributed by atoms with van der Waals surface area (Å²) in [6.07, 6.45) is 0. The van der Waals surface area contributed by atoms with Crippen molar-refractivity contribution in [1.29, 1.82) is 0 Å². The highest BCUT2D eigenvalue weighted by atomic mass is 35.5. The highest BCUT2D eigenvalue weighted by molar-refractivity contribution is 7.89. The van der Waals surface area contributed by atoms with Crippen LogP contribution in [-0.4, -0.2) is 32.3 Å². The Morgan fingerprint density at radius 3 is 2.43 bits per heavy atom. The molecule has 0 saturated carbocycles. The van der Waals surface area contributed by atoms with E-state index in [0.717, 1.165) is 4.31 Å². The summed E-state index contributed by atoms with van der Waals surface area (Å²) >= 11 is 5.84. The smallest absolute Gasteiger partial charge is 0.326 e. The number of carbonyl (C=O) groups excluding carboxylic acids is 1. The van der Waals surface area contributed by atoms with Gasteiger partial charge < -0.3 is 4.74 Å². The van der Waals surface area contributed by atoms with E-state index in [9.17, 15) is 13.2 Å². The Hall–Kier alpha value is -1.89. The zero-order valence-electron chi connectivity index (χ0n) is 12.7. The van der Waals surface area contributed by atoms with E-state index in [2.05, 4.69) is 0 Å². The Morgan fingerprint density at radius 2 is 1.83 bits per heavy atom. The molecule has 0 saturated heterocycles. The van der Waals surface area contributed by atoms with Crippen molar-refractivity contribution in [3.8, 4) is 5.75 Å². The molecule has 0 aliphatic rings. The number of aryl methyl sites for hydroxylation is 1. The van der Waals surface area contributed by atoms with Gasteiger partial charge in [-0.1, -0.05) is 29.8 Å². The Balaban J connectivity index is 2.08. The van der Waals surface area contributed by atoms with Crippen molar-refractivity contribution in [2.75, 3.05) is 13.6 Å². The number of nitrogens with zero attached hydrogens (tertiary/aromatic N) is 1. The van der Waals surface area contributed by atoms with E-state index in [0.29, 0.717) is 16.3 Å². The van der Waals surface area contributed by atoms with Crippen LogP contribution in [0.25, 0.3) is 0 Å². The number of benzene rings is 2. The van der Waals surface area contributed by atoms with Crippen LogP contribution in [0.3, 0.4) is 0 Å². The molecule has 0 aliphatic heterocycles. The van der Waals surface area contributed by atoms with Gasteiger partial charge in [-0.3, -0.25) is 4.79 Å². The lowest BCUT2D eigenvalue weighted by molar-refractivity contribution is -0.134. The van der Waals surface area contributed by atoms with Crippen molar-refractivity contribution >= 4 is 27.6 Å². The summed E-state index contributed by atoms with van der Waals surface area (Å²) in [6, 6.07) is 12.7. The van der Waals surface area contributed by atoms with Crippen molar-refractivity contribution in [1.82, 2.24) is 4.31 Å². The third-order valence-corrected chi connectivity index (χ3v) is 5.22. The van der Waals surface area contributed by atoms with Crippen molar-refractivity contribution in [3.05, 3.63) is 59.1 Å². The first-order valence-corrected chi connectivity index (χ1v) is 8.61. The van der Waals surface area contributed by atoms with E-state index in [1.807, 2.05) is 0 Å². The normalized spacial score (nSPS) is 11.5. The first-order chi connectivity index (χ1) is 10.8. The number of hydrogen-bond donors (Lipinski definition) is 0. The second-order valence-corrected chi connectivity index (χ2v) is 7.44. The molecular formula is C16H16ClNO4S. The molecule has 0 unspecified atom stereocenters. The van der Waals surface area contributed by atoms with Crippen LogP contribution in [0.5, 0.6) is 5.75 Å². The Morgan fingerprint density at radius 1 is 1.17 bits per heavy atom. The zero-order valence-corrected chi connectivity index (χ0v) is 14.3. The fraction of sp³-hybridized carbons (Fsp3) is 0.188. The van der Waals surface area contributed by atoms with Crippen molar-refractivity contribution in [2.24, 2.45) is 0 Å². The molecule has 23 heavy (non-hydrogen) atoms. The monoisotopic (exact) mass is 353 g/mol. The number of carbonyl (C=O) groups is 1. The second kappa shape index (κ2) is 7.12. The van der Waals surface area contributed by atoms with E-state index >= 15 is 0 Å². The molecule has 0 atom stereocenters. The molecule has 122 valence electrons. The maximum atomic E-state index is 12.3. The number of likely N-dealkylation sites (N-methyl/N-ethyl adjacent to an activating group) is 1. The molecule has 7 heteroatoms. The predicted molar refractivity (Wildman–Crippen MR) is 88.1 cm³/mol. The maximum Gasteiger partial charge on any atom is 0.326 e. The van der Waals surface area contributed by atoms with E-state index in [4.69, 9.17) is 16.3 Å². The second-order valence-electron chi connectivity index (χ2n) is 4.96. The zero-order chi connectivity index (χ0) is 17.0. The molecule has 0 fully saturated rings. The topological polar surface area (TPSA) is 63.7 Å². The van der Waals surface area contributed by atoms with Gasteiger partial charge in [0.25, 0.3) is 0 Å². The number of halogens is 1. The molecule has 2 aromatic rings. The first-order valence-electron chi connectivity index (χ1n) is 6.79. The van der Waals surface area contributed by atoms with Crippen LogP contribution in [0.1, 0.15) is 5.56 Å². The molecule has 2 aromatic carbocycles. The lowest BCUT2D eigenvalue weighted by atomic mass is 10.2. The number of sulfonamides is 1. The molecule has 0 bridgehead atoms. The summed E-state index contributed by atoms with van der Waals surface area (Å²) in [4.78, 5) is 12.1. The lowest BCUT2D eigenvalue weighted by Gasteiger charge is -2.16. The van der Waals surface area contributed by atoms with Crippen LogP contribution in [0.4, 0.5) is 0 Å². The fourth-order valence-electron chi connectivity index (χ4n) is 1.92. The van der Waals surface area contributed by atoms with Gasteiger partial charge >= 0.3 is 5.97 Å². The molecule has 0 N–H and O–H groups in total. The number of hydrogen-bond acceptors (Lipinski definition) is 4. The molecule has 2 rings (SSSR count). The van der Waals surface area contributed by atoms with Gasteiger partial charge in [-0.15, -0.1) is 0 Å². The molecule has 5 nitrogen and oxygen atoms in total.